The molecule has 22 heavy (non-hydrogen) atoms. The van der Waals surface area contributed by atoms with Gasteiger partial charge < -0.3 is 9.47 Å². The molecule has 0 aromatic rings. The van der Waals surface area contributed by atoms with E-state index in [1.807, 2.05) is 0 Å². The Balaban J connectivity index is 2.14. The SMILES string of the molecule is CCCC(CCC)OC(=O)CCC(=O)OCC1CCCCC1. The van der Waals surface area contributed by atoms with Crippen LogP contribution in [0.1, 0.15) is 84.5 Å². The number of carbonyl (C=O) groups is 2. The molecule has 0 aromatic heterocycles. The summed E-state index contributed by atoms with van der Waals surface area (Å²) in [6.07, 6.45) is 10.2. The van der Waals surface area contributed by atoms with E-state index in [0.29, 0.717) is 12.5 Å². The third-order valence-corrected chi connectivity index (χ3v) is 4.26. The second-order valence-corrected chi connectivity index (χ2v) is 6.38. The van der Waals surface area contributed by atoms with Gasteiger partial charge in [0.2, 0.25) is 0 Å². The third kappa shape index (κ3) is 8.40. The number of esters is 2. The largest absolute Gasteiger partial charge is 0.465 e. The van der Waals surface area contributed by atoms with Crippen LogP contribution in [0.5, 0.6) is 0 Å². The van der Waals surface area contributed by atoms with Crippen molar-refractivity contribution in [3.63, 3.8) is 0 Å². The summed E-state index contributed by atoms with van der Waals surface area (Å²) in [7, 11) is 0. The van der Waals surface area contributed by atoms with E-state index in [1.54, 1.807) is 0 Å². The molecule has 1 fully saturated rings. The fraction of sp³-hybridized carbons (Fsp3) is 0.889. The lowest BCUT2D eigenvalue weighted by molar-refractivity contribution is -0.154. The standard InChI is InChI=1S/C18H32O4/c1-3-8-16(9-4-2)22-18(20)13-12-17(19)21-14-15-10-6-5-7-11-15/h15-16H,3-14H2,1-2H3. The van der Waals surface area contributed by atoms with Crippen LogP contribution < -0.4 is 0 Å². The van der Waals surface area contributed by atoms with Crippen LogP contribution in [0.3, 0.4) is 0 Å². The van der Waals surface area contributed by atoms with Crippen LogP contribution >= 0.6 is 0 Å². The zero-order chi connectivity index (χ0) is 16.2. The van der Waals surface area contributed by atoms with E-state index in [0.717, 1.165) is 38.5 Å². The van der Waals surface area contributed by atoms with E-state index >= 15 is 0 Å². The van der Waals surface area contributed by atoms with Gasteiger partial charge in [0.25, 0.3) is 0 Å². The fourth-order valence-corrected chi connectivity index (χ4v) is 2.99. The highest BCUT2D eigenvalue weighted by molar-refractivity contribution is 5.77. The Bertz CT molecular complexity index is 315. The molecule has 1 saturated carbocycles. The Labute approximate surface area is 134 Å². The predicted molar refractivity (Wildman–Crippen MR) is 86.5 cm³/mol. The molecule has 0 aliphatic heterocycles. The van der Waals surface area contributed by atoms with Crippen molar-refractivity contribution in [2.75, 3.05) is 6.61 Å². The van der Waals surface area contributed by atoms with Gasteiger partial charge in [0.05, 0.1) is 19.4 Å². The van der Waals surface area contributed by atoms with E-state index in [1.165, 1.54) is 19.3 Å². The molecule has 0 saturated heterocycles. The zero-order valence-corrected chi connectivity index (χ0v) is 14.3. The summed E-state index contributed by atoms with van der Waals surface area (Å²) in [5.74, 6) is -0.0327. The van der Waals surface area contributed by atoms with Gasteiger partial charge in [-0.05, 0) is 31.6 Å². The van der Waals surface area contributed by atoms with Gasteiger partial charge in [0.15, 0.2) is 0 Å². The molecular formula is C18H32O4. The summed E-state index contributed by atoms with van der Waals surface area (Å²) >= 11 is 0. The van der Waals surface area contributed by atoms with Crippen molar-refractivity contribution in [3.8, 4) is 0 Å². The minimum Gasteiger partial charge on any atom is -0.465 e. The maximum atomic E-state index is 11.8. The number of ether oxygens (including phenoxy) is 2. The van der Waals surface area contributed by atoms with Gasteiger partial charge in [0.1, 0.15) is 6.10 Å². The van der Waals surface area contributed by atoms with Crippen molar-refractivity contribution < 1.29 is 19.1 Å². The molecule has 0 radical (unpaired) electrons. The molecule has 0 spiro atoms. The Kier molecular flexibility index (Phi) is 9.93. The maximum Gasteiger partial charge on any atom is 0.306 e. The first-order chi connectivity index (χ1) is 10.7. The maximum absolute atomic E-state index is 11.8. The van der Waals surface area contributed by atoms with Crippen LogP contribution in [-0.2, 0) is 19.1 Å². The van der Waals surface area contributed by atoms with Gasteiger partial charge in [-0.25, -0.2) is 0 Å². The summed E-state index contributed by atoms with van der Waals surface area (Å²) in [6, 6.07) is 0. The number of hydrogen-bond acceptors (Lipinski definition) is 4. The van der Waals surface area contributed by atoms with Crippen LogP contribution in [0.4, 0.5) is 0 Å². The summed E-state index contributed by atoms with van der Waals surface area (Å²) < 4.78 is 10.7. The van der Waals surface area contributed by atoms with E-state index in [4.69, 9.17) is 9.47 Å². The lowest BCUT2D eigenvalue weighted by Crippen LogP contribution is -2.20. The molecule has 0 unspecified atom stereocenters. The summed E-state index contributed by atoms with van der Waals surface area (Å²) in [5, 5.41) is 0. The minimum absolute atomic E-state index is 0.000703. The smallest absolute Gasteiger partial charge is 0.306 e. The number of rotatable bonds is 10. The van der Waals surface area contributed by atoms with Gasteiger partial charge in [-0.1, -0.05) is 46.0 Å². The van der Waals surface area contributed by atoms with Crippen LogP contribution in [0.2, 0.25) is 0 Å². The Hall–Kier alpha value is -1.06. The molecule has 128 valence electrons. The third-order valence-electron chi connectivity index (χ3n) is 4.26. The zero-order valence-electron chi connectivity index (χ0n) is 14.3. The first kappa shape index (κ1) is 19.0. The molecule has 0 atom stereocenters. The van der Waals surface area contributed by atoms with Crippen LogP contribution in [-0.4, -0.2) is 24.6 Å². The fourth-order valence-electron chi connectivity index (χ4n) is 2.99. The Morgan fingerprint density at radius 2 is 1.55 bits per heavy atom. The predicted octanol–water partition coefficient (Wildman–Crippen LogP) is 4.40. The summed E-state index contributed by atoms with van der Waals surface area (Å²) in [4.78, 5) is 23.5. The highest BCUT2D eigenvalue weighted by Crippen LogP contribution is 2.23. The normalized spacial score (nSPS) is 15.8. The van der Waals surface area contributed by atoms with Crippen LogP contribution in [0, 0.1) is 5.92 Å². The highest BCUT2D eigenvalue weighted by Gasteiger charge is 2.17. The molecular weight excluding hydrogens is 280 g/mol. The second-order valence-electron chi connectivity index (χ2n) is 6.38. The Morgan fingerprint density at radius 3 is 2.14 bits per heavy atom. The molecule has 0 heterocycles. The average Bonchev–Trinajstić information content (AvgIpc) is 2.52. The highest BCUT2D eigenvalue weighted by atomic mass is 16.5. The monoisotopic (exact) mass is 312 g/mol. The second kappa shape index (κ2) is 11.5. The van der Waals surface area contributed by atoms with Crippen LogP contribution in [0.25, 0.3) is 0 Å². The van der Waals surface area contributed by atoms with E-state index in [-0.39, 0.29) is 30.9 Å². The quantitative estimate of drug-likeness (QED) is 0.561. The van der Waals surface area contributed by atoms with Crippen molar-refractivity contribution in [2.45, 2.75) is 90.6 Å². The molecule has 4 nitrogen and oxygen atoms in total. The molecule has 0 N–H and O–H groups in total. The van der Waals surface area contributed by atoms with Crippen molar-refractivity contribution >= 4 is 11.9 Å². The van der Waals surface area contributed by atoms with Gasteiger partial charge in [-0.15, -0.1) is 0 Å². The van der Waals surface area contributed by atoms with Gasteiger partial charge in [-0.3, -0.25) is 9.59 Å². The molecule has 0 amide bonds. The van der Waals surface area contributed by atoms with Crippen molar-refractivity contribution in [1.29, 1.82) is 0 Å². The first-order valence-electron chi connectivity index (χ1n) is 9.00. The average molecular weight is 312 g/mol. The van der Waals surface area contributed by atoms with Crippen LogP contribution in [0.15, 0.2) is 0 Å². The molecule has 1 aliphatic rings. The molecule has 4 heteroatoms. The number of hydrogen-bond donors (Lipinski definition) is 0. The van der Waals surface area contributed by atoms with E-state index in [9.17, 15) is 9.59 Å². The summed E-state index contributed by atoms with van der Waals surface area (Å²) in [6.45, 7) is 4.68. The first-order valence-corrected chi connectivity index (χ1v) is 9.00. The number of carbonyl (C=O) groups excluding carboxylic acids is 2. The minimum atomic E-state index is -0.276. The topological polar surface area (TPSA) is 52.6 Å². The molecule has 1 rings (SSSR count). The molecule has 0 bridgehead atoms. The van der Waals surface area contributed by atoms with Gasteiger partial charge in [-0.2, -0.15) is 0 Å². The van der Waals surface area contributed by atoms with Gasteiger partial charge >= 0.3 is 11.9 Å². The van der Waals surface area contributed by atoms with Gasteiger partial charge in [0, 0.05) is 0 Å². The van der Waals surface area contributed by atoms with Crippen molar-refractivity contribution in [2.24, 2.45) is 5.92 Å². The molecule has 1 aliphatic carbocycles. The lowest BCUT2D eigenvalue weighted by atomic mass is 9.90. The summed E-state index contributed by atoms with van der Waals surface area (Å²) in [5.41, 5.74) is 0. The lowest BCUT2D eigenvalue weighted by Gasteiger charge is -2.21. The molecule has 0 aromatic carbocycles. The van der Waals surface area contributed by atoms with E-state index in [2.05, 4.69) is 13.8 Å². The Morgan fingerprint density at radius 1 is 0.955 bits per heavy atom. The van der Waals surface area contributed by atoms with Crippen molar-refractivity contribution in [1.82, 2.24) is 0 Å². The van der Waals surface area contributed by atoms with Crippen molar-refractivity contribution in [3.05, 3.63) is 0 Å². The van der Waals surface area contributed by atoms with E-state index < -0.39 is 0 Å².